The number of fused-ring (bicyclic) bond motifs is 2. The van der Waals surface area contributed by atoms with Crippen molar-refractivity contribution in [3.63, 3.8) is 0 Å². The van der Waals surface area contributed by atoms with E-state index in [1.807, 2.05) is 92.9 Å². The van der Waals surface area contributed by atoms with Gasteiger partial charge in [0.05, 0.1) is 54.2 Å². The first kappa shape index (κ1) is 69.4. The number of benzene rings is 2. The summed E-state index contributed by atoms with van der Waals surface area (Å²) in [5.41, 5.74) is 2.79. The summed E-state index contributed by atoms with van der Waals surface area (Å²) in [6, 6.07) is 21.9. The molecule has 4 fully saturated rings. The molecule has 2 unspecified atom stereocenters. The molecule has 2 aliphatic heterocycles. The van der Waals surface area contributed by atoms with E-state index in [-0.39, 0.29) is 77.6 Å². The van der Waals surface area contributed by atoms with Gasteiger partial charge in [-0.1, -0.05) is 60.7 Å². The number of imidazole rings is 2. The summed E-state index contributed by atoms with van der Waals surface area (Å²) in [4.78, 5) is 72.2. The SMILES string of the molecule is CC(C)n1c(=O)n(CCCOC2CCCCO2)c(=O)c2c1ncn2Cc1ccccc1.Cc1nc(OCC2CC2)c(-c2nc3c(c(=O)n(CCCOC4CCCCO4)c(=O)n3C(C)C)n2Cc2ccccc2)cc1F.Cc1nc(OCC2CC2)c(Br)cc1F.[Cu][I]. The van der Waals surface area contributed by atoms with Crippen LogP contribution in [0.2, 0.25) is 0 Å². The minimum absolute atomic E-state index is 0.117. The third-order valence-electron chi connectivity index (χ3n) is 16.1. The Labute approximate surface area is 555 Å². The molecule has 8 heterocycles. The van der Waals surface area contributed by atoms with Crippen molar-refractivity contribution in [2.75, 3.05) is 39.6 Å². The van der Waals surface area contributed by atoms with Crippen molar-refractivity contribution in [1.82, 2.24) is 47.3 Å². The molecule has 0 spiro atoms. The van der Waals surface area contributed by atoms with Crippen LogP contribution in [0, 0.1) is 37.3 Å². The molecule has 0 bridgehead atoms. The molecule has 6 aromatic heterocycles. The van der Waals surface area contributed by atoms with Crippen LogP contribution in [-0.2, 0) is 57.9 Å². The molecule has 25 heteroatoms. The van der Waals surface area contributed by atoms with E-state index in [2.05, 4.69) is 43.6 Å². The van der Waals surface area contributed by atoms with Gasteiger partial charge in [0, 0.05) is 51.5 Å². The topological polar surface area (TPSA) is 205 Å². The number of aromatic nitrogens is 10. The predicted molar refractivity (Wildman–Crippen MR) is 352 cm³/mol. The second-order valence-corrected chi connectivity index (χ2v) is 24.8. The summed E-state index contributed by atoms with van der Waals surface area (Å²) in [5.74, 6) is 1.40. The summed E-state index contributed by atoms with van der Waals surface area (Å²) in [5, 5.41) is 0. The summed E-state index contributed by atoms with van der Waals surface area (Å²) >= 11 is 9.09. The van der Waals surface area contributed by atoms with Gasteiger partial charge in [-0.2, -0.15) is 0 Å². The Kier molecular flexibility index (Phi) is 25.4. The molecule has 12 rings (SSSR count). The number of rotatable bonds is 23. The molecule has 0 radical (unpaired) electrons. The Morgan fingerprint density at radius 2 is 1.10 bits per heavy atom. The van der Waals surface area contributed by atoms with Gasteiger partial charge in [-0.05, 0) is 170 Å². The van der Waals surface area contributed by atoms with Crippen LogP contribution in [0.1, 0.15) is 139 Å². The van der Waals surface area contributed by atoms with Crippen molar-refractivity contribution in [3.05, 3.63) is 159 Å². The van der Waals surface area contributed by atoms with Crippen molar-refractivity contribution in [2.24, 2.45) is 11.8 Å². The fourth-order valence-electron chi connectivity index (χ4n) is 10.8. The van der Waals surface area contributed by atoms with Gasteiger partial charge in [0.1, 0.15) is 17.5 Å². The van der Waals surface area contributed by atoms with Crippen molar-refractivity contribution < 1.29 is 50.0 Å². The van der Waals surface area contributed by atoms with Crippen LogP contribution in [0.4, 0.5) is 8.78 Å². The Morgan fingerprint density at radius 1 is 0.615 bits per heavy atom. The van der Waals surface area contributed by atoms with E-state index in [1.165, 1.54) is 38.7 Å². The van der Waals surface area contributed by atoms with E-state index in [4.69, 9.17) is 33.4 Å². The average molecular weight is 1480 g/mol. The Balaban J connectivity index is 0.000000180. The molecule has 2 aromatic carbocycles. The van der Waals surface area contributed by atoms with Crippen LogP contribution in [0.5, 0.6) is 11.8 Å². The molecular weight excluding hydrogens is 1400 g/mol. The van der Waals surface area contributed by atoms with E-state index in [9.17, 15) is 23.6 Å². The van der Waals surface area contributed by atoms with Gasteiger partial charge in [0.2, 0.25) is 11.8 Å². The van der Waals surface area contributed by atoms with Crippen molar-refractivity contribution in [3.8, 4) is 23.1 Å². The third kappa shape index (κ3) is 18.1. The number of halogens is 4. The van der Waals surface area contributed by atoms with Gasteiger partial charge in [-0.3, -0.25) is 27.9 Å². The van der Waals surface area contributed by atoms with Gasteiger partial charge in [0.15, 0.2) is 34.9 Å². The zero-order chi connectivity index (χ0) is 64.7. The van der Waals surface area contributed by atoms with Crippen LogP contribution in [0.3, 0.4) is 0 Å². The maximum atomic E-state index is 15.1. The van der Waals surface area contributed by atoms with Crippen molar-refractivity contribution >= 4 is 58.6 Å². The molecular formula is C66H81BrCuF2IN10O10. The second-order valence-electron chi connectivity index (χ2n) is 23.9. The summed E-state index contributed by atoms with van der Waals surface area (Å²) in [6.07, 6.45) is 12.9. The molecule has 8 aromatic rings. The minimum atomic E-state index is -0.502. The van der Waals surface area contributed by atoms with Crippen LogP contribution in [-0.4, -0.2) is 99.6 Å². The zero-order valence-corrected chi connectivity index (χ0v) is 57.1. The average Bonchev–Trinajstić information content (AvgIpc) is 1.57. The first-order valence-corrected chi connectivity index (χ1v) is 35.2. The zero-order valence-electron chi connectivity index (χ0n) is 52.4. The number of hydrogen-bond donors (Lipinski definition) is 0. The summed E-state index contributed by atoms with van der Waals surface area (Å²) in [6.45, 7) is 15.5. The van der Waals surface area contributed by atoms with E-state index >= 15 is 4.39 Å². The van der Waals surface area contributed by atoms with Crippen LogP contribution in [0.25, 0.3) is 33.7 Å². The fraction of sp³-hybridized carbons (Fsp3) is 0.515. The first-order chi connectivity index (χ1) is 44.0. The Morgan fingerprint density at radius 3 is 1.60 bits per heavy atom. The summed E-state index contributed by atoms with van der Waals surface area (Å²) < 4.78 is 72.5. The standard InChI is InChI=1S/C33H40FN5O5.C23H30N4O4.C10H11BrFNO.Cu.HI/c1-21(2)39-30-28(32(40)37(33(39)41)15-9-17-43-27-12-7-8-16-42-27)38(19-23-10-5-4-6-11-23)29(36-30)25-18-26(34)22(3)35-31(25)44-20-24-13-14-24;1-17(2)27-21-20(25(16-24-21)15-18-9-4-3-5-10-18)22(28)26(23(27)29)12-8-14-31-19-11-6-7-13-30-19;1-6-9(12)4-8(11)10(13-6)14-5-7-2-3-7;;/h4-6,10-11,18,21,24,27H,7-9,12-17,19-20H2,1-3H3;3-5,9-10,16-17,19H,6-8,11-15H2,1-2H3;4,7H,2-3,5H2,1H3;;1H/q;;;+1;/p-1. The number of hydrogen-bond acceptors (Lipinski definition) is 14. The fourth-order valence-corrected chi connectivity index (χ4v) is 11.2. The van der Waals surface area contributed by atoms with Gasteiger partial charge >= 0.3 is 44.5 Å². The van der Waals surface area contributed by atoms with Crippen molar-refractivity contribution in [2.45, 2.75) is 169 Å². The second kappa shape index (κ2) is 33.3. The number of nitrogens with zero attached hydrogens (tertiary/aromatic N) is 10. The quantitative estimate of drug-likeness (QED) is 0.0332. The van der Waals surface area contributed by atoms with Gasteiger partial charge in [-0.15, -0.1) is 0 Å². The van der Waals surface area contributed by atoms with E-state index in [1.54, 1.807) is 49.7 Å². The first-order valence-electron chi connectivity index (χ1n) is 31.4. The van der Waals surface area contributed by atoms with Crippen LogP contribution < -0.4 is 32.0 Å². The van der Waals surface area contributed by atoms with Crippen molar-refractivity contribution in [1.29, 1.82) is 0 Å². The number of aryl methyl sites for hydroxylation is 2. The number of ether oxygens (including phenoxy) is 6. The molecule has 4 aliphatic rings. The third-order valence-corrected chi connectivity index (χ3v) is 16.6. The van der Waals surface area contributed by atoms with Gasteiger partial charge in [0.25, 0.3) is 11.1 Å². The number of pyridine rings is 2. The molecule has 2 atom stereocenters. The monoisotopic (exact) mass is 1480 g/mol. The van der Waals surface area contributed by atoms with Gasteiger partial charge in [-0.25, -0.2) is 38.3 Å². The van der Waals surface area contributed by atoms with Crippen LogP contribution >= 0.6 is 36.3 Å². The molecule has 2 aliphatic carbocycles. The summed E-state index contributed by atoms with van der Waals surface area (Å²) in [7, 11) is 0. The Bertz CT molecular complexity index is 3950. The molecule has 0 amide bonds. The van der Waals surface area contributed by atoms with E-state index in [0.29, 0.717) is 109 Å². The van der Waals surface area contributed by atoms with Gasteiger partial charge < -0.3 is 37.6 Å². The Hall–Kier alpha value is -5.93. The normalized spacial score (nSPS) is 16.5. The molecule has 2 saturated heterocycles. The molecule has 0 N–H and O–H groups in total. The molecule has 494 valence electrons. The molecule has 2 saturated carbocycles. The maximum absolute atomic E-state index is 15.1. The van der Waals surface area contributed by atoms with E-state index < -0.39 is 17.1 Å². The molecule has 91 heavy (non-hydrogen) atoms. The molecule has 20 nitrogen and oxygen atoms in total. The van der Waals surface area contributed by atoms with E-state index in [0.717, 1.165) is 69.1 Å². The van der Waals surface area contributed by atoms with Crippen LogP contribution in [0.15, 0.2) is 103 Å². The predicted octanol–water partition coefficient (Wildman–Crippen LogP) is 12.1.